The quantitative estimate of drug-likeness (QED) is 0.551. The minimum absolute atomic E-state index is 0.193. The summed E-state index contributed by atoms with van der Waals surface area (Å²) in [5.41, 5.74) is 2.39. The van der Waals surface area contributed by atoms with Crippen LogP contribution < -0.4 is 19.5 Å². The zero-order valence-corrected chi connectivity index (χ0v) is 18.4. The molecule has 0 atom stereocenters. The van der Waals surface area contributed by atoms with Crippen LogP contribution in [0.2, 0.25) is 0 Å². The molecular weight excluding hydrogens is 404 g/mol. The number of benzene rings is 2. The molecule has 3 aromatic rings. The van der Waals surface area contributed by atoms with Crippen molar-refractivity contribution >= 4 is 17.7 Å². The molecule has 2 aromatic carbocycles. The van der Waals surface area contributed by atoms with E-state index in [0.717, 1.165) is 16.4 Å². The van der Waals surface area contributed by atoms with E-state index in [0.29, 0.717) is 28.6 Å². The van der Waals surface area contributed by atoms with Gasteiger partial charge in [0.25, 0.3) is 5.91 Å². The van der Waals surface area contributed by atoms with Crippen molar-refractivity contribution < 1.29 is 19.0 Å². The topological polar surface area (TPSA) is 87.5 Å². The van der Waals surface area contributed by atoms with Crippen molar-refractivity contribution in [1.82, 2.24) is 20.1 Å². The number of methoxy groups -OCH3 is 3. The van der Waals surface area contributed by atoms with Crippen LogP contribution in [-0.2, 0) is 6.54 Å². The van der Waals surface area contributed by atoms with E-state index in [4.69, 9.17) is 14.2 Å². The number of rotatable bonds is 8. The third kappa shape index (κ3) is 4.06. The molecule has 1 N–H and O–H groups in total. The summed E-state index contributed by atoms with van der Waals surface area (Å²) in [6.45, 7) is 2.22. The molecule has 30 heavy (non-hydrogen) atoms. The van der Waals surface area contributed by atoms with Crippen molar-refractivity contribution in [2.24, 2.45) is 0 Å². The molecule has 0 aliphatic rings. The highest BCUT2D eigenvalue weighted by Gasteiger charge is 2.22. The van der Waals surface area contributed by atoms with Gasteiger partial charge >= 0.3 is 0 Å². The fourth-order valence-electron chi connectivity index (χ4n) is 3.14. The zero-order chi connectivity index (χ0) is 21.7. The van der Waals surface area contributed by atoms with E-state index >= 15 is 0 Å². The molecule has 0 fully saturated rings. The van der Waals surface area contributed by atoms with Gasteiger partial charge in [0.1, 0.15) is 0 Å². The molecule has 0 aliphatic heterocycles. The highest BCUT2D eigenvalue weighted by atomic mass is 32.2. The normalized spacial score (nSPS) is 10.6. The summed E-state index contributed by atoms with van der Waals surface area (Å²) in [5, 5.41) is 12.2. The van der Waals surface area contributed by atoms with Crippen molar-refractivity contribution in [2.75, 3.05) is 27.6 Å². The molecular formula is C21H24N4O4S. The molecule has 1 heterocycles. The first kappa shape index (κ1) is 21.5. The molecule has 0 unspecified atom stereocenters. The number of nitrogens with zero attached hydrogens (tertiary/aromatic N) is 3. The van der Waals surface area contributed by atoms with Gasteiger partial charge in [0.15, 0.2) is 22.5 Å². The van der Waals surface area contributed by atoms with Crippen LogP contribution in [0.15, 0.2) is 41.6 Å². The maximum atomic E-state index is 12.9. The van der Waals surface area contributed by atoms with Gasteiger partial charge in [-0.15, -0.1) is 10.2 Å². The van der Waals surface area contributed by atoms with Gasteiger partial charge in [0.2, 0.25) is 5.75 Å². The Morgan fingerprint density at radius 2 is 1.77 bits per heavy atom. The first-order valence-corrected chi connectivity index (χ1v) is 10.4. The summed E-state index contributed by atoms with van der Waals surface area (Å²) in [6.07, 6.45) is 1.94. The summed E-state index contributed by atoms with van der Waals surface area (Å²) < 4.78 is 18.0. The molecule has 3 rings (SSSR count). The largest absolute Gasteiger partial charge is 0.493 e. The van der Waals surface area contributed by atoms with Gasteiger partial charge < -0.3 is 19.5 Å². The lowest BCUT2D eigenvalue weighted by Gasteiger charge is -2.16. The average Bonchev–Trinajstić information content (AvgIpc) is 3.19. The monoisotopic (exact) mass is 428 g/mol. The SMILES string of the molecule is COc1ccc(C(=O)NCc2nnc(SC)n2-c2ccccc2C)c(OC)c1OC. The van der Waals surface area contributed by atoms with Crippen LogP contribution in [0.3, 0.4) is 0 Å². The molecule has 1 amide bonds. The molecule has 0 spiro atoms. The standard InChI is InChI=1S/C21H24N4O4S/c1-13-8-6-7-9-15(13)25-17(23-24-21(25)30-5)12-22-20(26)14-10-11-16(27-2)19(29-4)18(14)28-3/h6-11H,12H2,1-5H3,(H,22,26). The number of ether oxygens (including phenoxy) is 3. The third-order valence-corrected chi connectivity index (χ3v) is 5.22. The molecule has 1 aromatic heterocycles. The Labute approximate surface area is 179 Å². The molecule has 0 radical (unpaired) electrons. The zero-order valence-electron chi connectivity index (χ0n) is 17.6. The van der Waals surface area contributed by atoms with E-state index in [9.17, 15) is 4.79 Å². The lowest BCUT2D eigenvalue weighted by Crippen LogP contribution is -2.25. The number of aromatic nitrogens is 3. The van der Waals surface area contributed by atoms with Crippen molar-refractivity contribution in [2.45, 2.75) is 18.6 Å². The van der Waals surface area contributed by atoms with Crippen LogP contribution >= 0.6 is 11.8 Å². The number of hydrogen-bond donors (Lipinski definition) is 1. The Hall–Kier alpha value is -3.20. The van der Waals surface area contributed by atoms with E-state index in [1.807, 2.05) is 42.0 Å². The number of hydrogen-bond acceptors (Lipinski definition) is 7. The fourth-order valence-corrected chi connectivity index (χ4v) is 3.65. The number of aryl methyl sites for hydroxylation is 1. The van der Waals surface area contributed by atoms with Crippen LogP contribution in [0.5, 0.6) is 17.2 Å². The summed E-state index contributed by atoms with van der Waals surface area (Å²) in [4.78, 5) is 12.9. The number of carbonyl (C=O) groups is 1. The predicted octanol–water partition coefficient (Wildman–Crippen LogP) is 3.25. The van der Waals surface area contributed by atoms with E-state index in [1.165, 1.54) is 33.1 Å². The van der Waals surface area contributed by atoms with Crippen LogP contribution in [0, 0.1) is 6.92 Å². The van der Waals surface area contributed by atoms with E-state index < -0.39 is 0 Å². The lowest BCUT2D eigenvalue weighted by molar-refractivity contribution is 0.0946. The Kier molecular flexibility index (Phi) is 6.83. The second-order valence-electron chi connectivity index (χ2n) is 6.29. The van der Waals surface area contributed by atoms with Gasteiger partial charge in [-0.3, -0.25) is 9.36 Å². The van der Waals surface area contributed by atoms with E-state index in [1.54, 1.807) is 12.1 Å². The van der Waals surface area contributed by atoms with Crippen LogP contribution in [0.4, 0.5) is 0 Å². The van der Waals surface area contributed by atoms with Gasteiger partial charge in [-0.1, -0.05) is 30.0 Å². The maximum Gasteiger partial charge on any atom is 0.255 e. The number of thioether (sulfide) groups is 1. The molecule has 158 valence electrons. The summed E-state index contributed by atoms with van der Waals surface area (Å²) in [7, 11) is 4.50. The van der Waals surface area contributed by atoms with Crippen LogP contribution in [-0.4, -0.2) is 48.3 Å². The van der Waals surface area contributed by atoms with Gasteiger partial charge in [-0.2, -0.15) is 0 Å². The van der Waals surface area contributed by atoms with E-state index in [-0.39, 0.29) is 12.5 Å². The number of nitrogens with one attached hydrogen (secondary N) is 1. The smallest absolute Gasteiger partial charge is 0.255 e. The third-order valence-electron chi connectivity index (χ3n) is 4.60. The summed E-state index contributed by atoms with van der Waals surface area (Å²) in [5.74, 6) is 1.45. The number of amides is 1. The first-order valence-electron chi connectivity index (χ1n) is 9.17. The second-order valence-corrected chi connectivity index (χ2v) is 7.06. The minimum Gasteiger partial charge on any atom is -0.493 e. The molecule has 0 saturated carbocycles. The van der Waals surface area contributed by atoms with Gasteiger partial charge in [-0.05, 0) is 36.9 Å². The molecule has 9 heteroatoms. The number of carbonyl (C=O) groups excluding carboxylic acids is 1. The second kappa shape index (κ2) is 9.53. The Morgan fingerprint density at radius 3 is 2.40 bits per heavy atom. The van der Waals surface area contributed by atoms with Crippen molar-refractivity contribution in [3.8, 4) is 22.9 Å². The highest BCUT2D eigenvalue weighted by Crippen LogP contribution is 2.39. The average molecular weight is 429 g/mol. The Balaban J connectivity index is 1.90. The van der Waals surface area contributed by atoms with Crippen molar-refractivity contribution in [3.63, 3.8) is 0 Å². The van der Waals surface area contributed by atoms with Crippen LogP contribution in [0.1, 0.15) is 21.7 Å². The summed E-state index contributed by atoms with van der Waals surface area (Å²) >= 11 is 1.49. The Morgan fingerprint density at radius 1 is 1.03 bits per heavy atom. The lowest BCUT2D eigenvalue weighted by atomic mass is 10.1. The fraction of sp³-hybridized carbons (Fsp3) is 0.286. The predicted molar refractivity (Wildman–Crippen MR) is 115 cm³/mol. The molecule has 8 nitrogen and oxygen atoms in total. The number of para-hydroxylation sites is 1. The van der Waals surface area contributed by atoms with E-state index in [2.05, 4.69) is 15.5 Å². The van der Waals surface area contributed by atoms with Gasteiger partial charge in [0.05, 0.1) is 39.1 Å². The highest BCUT2D eigenvalue weighted by molar-refractivity contribution is 7.98. The molecule has 0 aliphatic carbocycles. The minimum atomic E-state index is -0.321. The van der Waals surface area contributed by atoms with Gasteiger partial charge in [0, 0.05) is 0 Å². The first-order chi connectivity index (χ1) is 14.5. The van der Waals surface area contributed by atoms with Gasteiger partial charge in [-0.25, -0.2) is 0 Å². The summed E-state index contributed by atoms with van der Waals surface area (Å²) in [6, 6.07) is 11.3. The van der Waals surface area contributed by atoms with Crippen molar-refractivity contribution in [3.05, 3.63) is 53.3 Å². The van der Waals surface area contributed by atoms with Crippen molar-refractivity contribution in [1.29, 1.82) is 0 Å². The Bertz CT molecular complexity index is 1050. The maximum absolute atomic E-state index is 12.9. The van der Waals surface area contributed by atoms with Crippen LogP contribution in [0.25, 0.3) is 5.69 Å². The molecule has 0 saturated heterocycles. The molecule has 0 bridgehead atoms.